The maximum atomic E-state index is 11.8. The highest BCUT2D eigenvalue weighted by molar-refractivity contribution is 7.89. The molecule has 0 radical (unpaired) electrons. The lowest BCUT2D eigenvalue weighted by Gasteiger charge is -2.21. The molecule has 0 heterocycles. The van der Waals surface area contributed by atoms with Gasteiger partial charge in [-0.2, -0.15) is 0 Å². The van der Waals surface area contributed by atoms with Gasteiger partial charge in [0, 0.05) is 12.6 Å². The van der Waals surface area contributed by atoms with Crippen molar-refractivity contribution < 1.29 is 13.5 Å². The summed E-state index contributed by atoms with van der Waals surface area (Å²) in [6.07, 6.45) is 3.94. The number of nitrogens with one attached hydrogen (secondary N) is 2. The zero-order valence-corrected chi connectivity index (χ0v) is 11.3. The summed E-state index contributed by atoms with van der Waals surface area (Å²) >= 11 is 0. The lowest BCUT2D eigenvalue weighted by molar-refractivity contribution is 0.130. The molecule has 102 valence electrons. The van der Waals surface area contributed by atoms with Crippen molar-refractivity contribution >= 4 is 10.0 Å². The van der Waals surface area contributed by atoms with E-state index in [2.05, 4.69) is 10.0 Å². The van der Waals surface area contributed by atoms with Gasteiger partial charge in [-0.15, -0.1) is 0 Å². The van der Waals surface area contributed by atoms with Gasteiger partial charge in [-0.1, -0.05) is 26.2 Å². The van der Waals surface area contributed by atoms with E-state index in [-0.39, 0.29) is 11.8 Å². The van der Waals surface area contributed by atoms with Gasteiger partial charge in [-0.25, -0.2) is 13.1 Å². The molecule has 2 unspecified atom stereocenters. The fraction of sp³-hybridized carbons (Fsp3) is 1.00. The van der Waals surface area contributed by atoms with Crippen molar-refractivity contribution in [3.63, 3.8) is 0 Å². The van der Waals surface area contributed by atoms with Crippen LogP contribution in [0.4, 0.5) is 0 Å². The Balaban J connectivity index is 2.44. The quantitative estimate of drug-likeness (QED) is 0.473. The van der Waals surface area contributed by atoms with Crippen LogP contribution in [0.2, 0.25) is 0 Å². The molecular weight excluding hydrogens is 240 g/mol. The standard InChI is InChI=1S/C11H24N2O3S/c1-2-12-8-9-17(15,16)13-10-6-4-3-5-7-11(10)14/h10-14H,2-9H2,1H3. The molecule has 2 atom stereocenters. The molecule has 0 aliphatic heterocycles. The summed E-state index contributed by atoms with van der Waals surface area (Å²) in [5.41, 5.74) is 0. The number of aliphatic hydroxyl groups is 1. The van der Waals surface area contributed by atoms with Crippen molar-refractivity contribution in [3.8, 4) is 0 Å². The molecule has 1 aliphatic carbocycles. The first-order chi connectivity index (χ1) is 8.05. The first-order valence-corrected chi connectivity index (χ1v) is 8.09. The fourth-order valence-corrected chi connectivity index (χ4v) is 3.37. The van der Waals surface area contributed by atoms with E-state index in [1.54, 1.807) is 0 Å². The second-order valence-electron chi connectivity index (χ2n) is 4.60. The van der Waals surface area contributed by atoms with Gasteiger partial charge in [0.15, 0.2) is 0 Å². The van der Waals surface area contributed by atoms with Crippen LogP contribution in [-0.4, -0.2) is 44.5 Å². The van der Waals surface area contributed by atoms with Gasteiger partial charge >= 0.3 is 0 Å². The molecule has 1 rings (SSSR count). The lowest BCUT2D eigenvalue weighted by Crippen LogP contribution is -2.44. The Labute approximate surface area is 104 Å². The Kier molecular flexibility index (Phi) is 6.40. The van der Waals surface area contributed by atoms with E-state index >= 15 is 0 Å². The van der Waals surface area contributed by atoms with Gasteiger partial charge in [0.1, 0.15) is 0 Å². The van der Waals surface area contributed by atoms with Crippen LogP contribution < -0.4 is 10.0 Å². The molecule has 1 saturated carbocycles. The van der Waals surface area contributed by atoms with E-state index in [1.807, 2.05) is 6.92 Å². The second kappa shape index (κ2) is 7.31. The highest BCUT2D eigenvalue weighted by Crippen LogP contribution is 2.18. The Morgan fingerprint density at radius 3 is 2.65 bits per heavy atom. The van der Waals surface area contributed by atoms with Crippen molar-refractivity contribution in [3.05, 3.63) is 0 Å². The minimum Gasteiger partial charge on any atom is -0.391 e. The third-order valence-electron chi connectivity index (χ3n) is 3.11. The summed E-state index contributed by atoms with van der Waals surface area (Å²) in [6.45, 7) is 3.16. The van der Waals surface area contributed by atoms with Crippen molar-refractivity contribution in [2.24, 2.45) is 0 Å². The molecule has 0 bridgehead atoms. The first-order valence-electron chi connectivity index (χ1n) is 6.44. The van der Waals surface area contributed by atoms with E-state index in [4.69, 9.17) is 0 Å². The number of aliphatic hydroxyl groups excluding tert-OH is 1. The third kappa shape index (κ3) is 5.81. The molecule has 5 nitrogen and oxygen atoms in total. The highest BCUT2D eigenvalue weighted by Gasteiger charge is 2.25. The number of sulfonamides is 1. The Hall–Kier alpha value is -0.170. The predicted molar refractivity (Wildman–Crippen MR) is 68.3 cm³/mol. The molecule has 0 saturated heterocycles. The molecule has 0 spiro atoms. The fourth-order valence-electron chi connectivity index (χ4n) is 2.10. The first kappa shape index (κ1) is 14.9. The van der Waals surface area contributed by atoms with Crippen LogP contribution in [0.3, 0.4) is 0 Å². The smallest absolute Gasteiger partial charge is 0.213 e. The zero-order chi connectivity index (χ0) is 12.7. The van der Waals surface area contributed by atoms with E-state index in [1.165, 1.54) is 0 Å². The Morgan fingerprint density at radius 1 is 1.24 bits per heavy atom. The third-order valence-corrected chi connectivity index (χ3v) is 4.51. The van der Waals surface area contributed by atoms with Crippen LogP contribution in [0.5, 0.6) is 0 Å². The van der Waals surface area contributed by atoms with E-state index in [0.717, 1.165) is 32.2 Å². The summed E-state index contributed by atoms with van der Waals surface area (Å²) < 4.78 is 26.2. The van der Waals surface area contributed by atoms with Crippen LogP contribution in [0, 0.1) is 0 Å². The summed E-state index contributed by atoms with van der Waals surface area (Å²) in [4.78, 5) is 0. The van der Waals surface area contributed by atoms with E-state index in [0.29, 0.717) is 13.0 Å². The van der Waals surface area contributed by atoms with Crippen LogP contribution >= 0.6 is 0 Å². The molecule has 0 amide bonds. The Bertz CT molecular complexity index is 306. The summed E-state index contributed by atoms with van der Waals surface area (Å²) in [5, 5.41) is 12.8. The summed E-state index contributed by atoms with van der Waals surface area (Å²) in [7, 11) is -3.28. The number of hydrogen-bond acceptors (Lipinski definition) is 4. The van der Waals surface area contributed by atoms with Crippen molar-refractivity contribution in [1.29, 1.82) is 0 Å². The molecule has 3 N–H and O–H groups in total. The molecule has 6 heteroatoms. The van der Waals surface area contributed by atoms with Gasteiger partial charge in [0.25, 0.3) is 0 Å². The monoisotopic (exact) mass is 264 g/mol. The van der Waals surface area contributed by atoms with Crippen molar-refractivity contribution in [1.82, 2.24) is 10.0 Å². The molecule has 1 fully saturated rings. The largest absolute Gasteiger partial charge is 0.391 e. The molecule has 0 aromatic carbocycles. The molecule has 17 heavy (non-hydrogen) atoms. The summed E-state index contributed by atoms with van der Waals surface area (Å²) in [6, 6.07) is -0.302. The van der Waals surface area contributed by atoms with Crippen molar-refractivity contribution in [2.45, 2.75) is 51.2 Å². The zero-order valence-electron chi connectivity index (χ0n) is 10.5. The molecule has 0 aromatic rings. The SMILES string of the molecule is CCNCCS(=O)(=O)NC1CCCCCC1O. The maximum Gasteiger partial charge on any atom is 0.213 e. The normalized spacial score (nSPS) is 26.7. The van der Waals surface area contributed by atoms with Crippen molar-refractivity contribution in [2.75, 3.05) is 18.8 Å². The predicted octanol–water partition coefficient (Wildman–Crippen LogP) is 0.209. The van der Waals surface area contributed by atoms with Gasteiger partial charge in [0.05, 0.1) is 11.9 Å². The van der Waals surface area contributed by atoms with Crippen LogP contribution in [-0.2, 0) is 10.0 Å². The van der Waals surface area contributed by atoms with E-state index in [9.17, 15) is 13.5 Å². The minimum atomic E-state index is -3.28. The maximum absolute atomic E-state index is 11.8. The highest BCUT2D eigenvalue weighted by atomic mass is 32.2. The molecular formula is C11H24N2O3S. The van der Waals surface area contributed by atoms with E-state index < -0.39 is 16.1 Å². The lowest BCUT2D eigenvalue weighted by atomic mass is 10.1. The molecule has 1 aliphatic rings. The Morgan fingerprint density at radius 2 is 1.94 bits per heavy atom. The number of rotatable bonds is 6. The molecule has 0 aromatic heterocycles. The van der Waals surface area contributed by atoms with Gasteiger partial charge in [-0.05, 0) is 19.4 Å². The average Bonchev–Trinajstić information content (AvgIpc) is 2.44. The van der Waals surface area contributed by atoms with Gasteiger partial charge < -0.3 is 10.4 Å². The average molecular weight is 264 g/mol. The second-order valence-corrected chi connectivity index (χ2v) is 6.48. The number of hydrogen-bond donors (Lipinski definition) is 3. The van der Waals surface area contributed by atoms with Crippen LogP contribution in [0.1, 0.15) is 39.0 Å². The topological polar surface area (TPSA) is 78.4 Å². The van der Waals surface area contributed by atoms with Gasteiger partial charge in [-0.3, -0.25) is 0 Å². The van der Waals surface area contributed by atoms with Gasteiger partial charge in [0.2, 0.25) is 10.0 Å². The van der Waals surface area contributed by atoms with Crippen LogP contribution in [0.25, 0.3) is 0 Å². The minimum absolute atomic E-state index is 0.0735. The summed E-state index contributed by atoms with van der Waals surface area (Å²) in [5.74, 6) is 0.0735. The van der Waals surface area contributed by atoms with Crippen LogP contribution in [0.15, 0.2) is 0 Å².